The van der Waals surface area contributed by atoms with E-state index >= 15 is 0 Å². The first-order valence-corrected chi connectivity index (χ1v) is 6.55. The lowest BCUT2D eigenvalue weighted by atomic mass is 10.1. The maximum absolute atomic E-state index is 11.7. The third-order valence-electron chi connectivity index (χ3n) is 2.97. The summed E-state index contributed by atoms with van der Waals surface area (Å²) in [5.41, 5.74) is 0.542. The molecule has 6 heteroatoms. The maximum Gasteiger partial charge on any atom is 0.330 e. The zero-order valence-corrected chi connectivity index (χ0v) is 11.8. The molecule has 3 N–H and O–H groups in total. The lowest BCUT2D eigenvalue weighted by Crippen LogP contribution is -2.43. The van der Waals surface area contributed by atoms with Gasteiger partial charge in [-0.05, 0) is 19.2 Å². The smallest absolute Gasteiger partial charge is 0.330 e. The van der Waals surface area contributed by atoms with E-state index in [0.717, 1.165) is 6.54 Å². The molecule has 6 nitrogen and oxygen atoms in total. The largest absolute Gasteiger partial charge is 0.479 e. The molecule has 0 fully saturated rings. The molecular formula is C14H21N3O3. The molecule has 0 aromatic heterocycles. The summed E-state index contributed by atoms with van der Waals surface area (Å²) in [6.07, 6.45) is 0. The summed E-state index contributed by atoms with van der Waals surface area (Å²) in [6.45, 7) is 4.10. The van der Waals surface area contributed by atoms with Crippen LogP contribution in [0.25, 0.3) is 0 Å². The molecule has 0 aliphatic rings. The number of benzene rings is 1. The van der Waals surface area contributed by atoms with E-state index in [1.165, 1.54) is 0 Å². The van der Waals surface area contributed by atoms with Gasteiger partial charge in [0.15, 0.2) is 6.04 Å². The third kappa shape index (κ3) is 5.27. The number of amides is 2. The predicted octanol–water partition coefficient (Wildman–Crippen LogP) is 1.06. The zero-order valence-electron chi connectivity index (χ0n) is 11.8. The number of aliphatic carboxylic acids is 1. The fourth-order valence-corrected chi connectivity index (χ4v) is 1.63. The molecule has 1 aromatic carbocycles. The molecule has 1 aromatic rings. The number of carboxylic acids is 1. The molecule has 0 spiro atoms. The minimum Gasteiger partial charge on any atom is -0.479 e. The summed E-state index contributed by atoms with van der Waals surface area (Å²) in [5.74, 6) is -1.09. The fourth-order valence-electron chi connectivity index (χ4n) is 1.63. The highest BCUT2D eigenvalue weighted by molar-refractivity contribution is 5.83. The number of carbonyl (C=O) groups excluding carboxylic acids is 1. The molecule has 0 unspecified atom stereocenters. The van der Waals surface area contributed by atoms with Crippen LogP contribution in [0, 0.1) is 0 Å². The first-order valence-electron chi connectivity index (χ1n) is 6.55. The van der Waals surface area contributed by atoms with Crippen LogP contribution in [0.1, 0.15) is 18.5 Å². The summed E-state index contributed by atoms with van der Waals surface area (Å²) >= 11 is 0. The monoisotopic (exact) mass is 279 g/mol. The zero-order chi connectivity index (χ0) is 15.0. The van der Waals surface area contributed by atoms with Gasteiger partial charge in [-0.3, -0.25) is 0 Å². The van der Waals surface area contributed by atoms with Crippen LogP contribution in [-0.4, -0.2) is 48.7 Å². The number of hydrogen-bond donors (Lipinski definition) is 3. The topological polar surface area (TPSA) is 81.7 Å². The first-order chi connectivity index (χ1) is 9.54. The number of nitrogens with zero attached hydrogens (tertiary/aromatic N) is 1. The van der Waals surface area contributed by atoms with Crippen molar-refractivity contribution in [2.24, 2.45) is 0 Å². The highest BCUT2D eigenvalue weighted by Crippen LogP contribution is 2.12. The molecule has 0 aliphatic carbocycles. The van der Waals surface area contributed by atoms with Crippen LogP contribution in [-0.2, 0) is 4.79 Å². The lowest BCUT2D eigenvalue weighted by Gasteiger charge is -2.17. The van der Waals surface area contributed by atoms with Gasteiger partial charge in [0.1, 0.15) is 0 Å². The Hall–Kier alpha value is -2.08. The van der Waals surface area contributed by atoms with Crippen LogP contribution >= 0.6 is 0 Å². The van der Waals surface area contributed by atoms with Crippen LogP contribution in [0.2, 0.25) is 0 Å². The number of urea groups is 1. The van der Waals surface area contributed by atoms with Gasteiger partial charge in [-0.2, -0.15) is 0 Å². The summed E-state index contributed by atoms with van der Waals surface area (Å²) < 4.78 is 0. The number of carbonyl (C=O) groups is 2. The SMILES string of the molecule is CCN(C)CCNC(=O)N[C@@H](C(=O)O)c1ccccc1. The van der Waals surface area contributed by atoms with Crippen molar-refractivity contribution in [3.05, 3.63) is 35.9 Å². The van der Waals surface area contributed by atoms with Crippen molar-refractivity contribution in [1.29, 1.82) is 0 Å². The molecule has 20 heavy (non-hydrogen) atoms. The van der Waals surface area contributed by atoms with Crippen molar-refractivity contribution >= 4 is 12.0 Å². The van der Waals surface area contributed by atoms with Crippen LogP contribution in [0.4, 0.5) is 4.79 Å². The summed E-state index contributed by atoms with van der Waals surface area (Å²) in [6, 6.07) is 7.09. The molecule has 110 valence electrons. The molecule has 1 atom stereocenters. The molecule has 0 radical (unpaired) electrons. The minimum atomic E-state index is -1.09. The van der Waals surface area contributed by atoms with Crippen LogP contribution in [0.5, 0.6) is 0 Å². The minimum absolute atomic E-state index is 0.470. The summed E-state index contributed by atoms with van der Waals surface area (Å²) in [5, 5.41) is 14.3. The first kappa shape index (κ1) is 16.0. The second kappa shape index (κ2) is 8.16. The van der Waals surface area contributed by atoms with Gasteiger partial charge in [0.05, 0.1) is 0 Å². The Morgan fingerprint density at radius 3 is 2.50 bits per heavy atom. The summed E-state index contributed by atoms with van der Waals surface area (Å²) in [7, 11) is 1.95. The van der Waals surface area contributed by atoms with E-state index in [0.29, 0.717) is 18.7 Å². The van der Waals surface area contributed by atoms with Crippen LogP contribution in [0.15, 0.2) is 30.3 Å². The highest BCUT2D eigenvalue weighted by Gasteiger charge is 2.21. The Kier molecular flexibility index (Phi) is 6.52. The van der Waals surface area contributed by atoms with E-state index in [9.17, 15) is 14.7 Å². The molecule has 0 saturated carbocycles. The van der Waals surface area contributed by atoms with Gasteiger partial charge >= 0.3 is 12.0 Å². The Balaban J connectivity index is 2.51. The van der Waals surface area contributed by atoms with E-state index in [2.05, 4.69) is 10.6 Å². The summed E-state index contributed by atoms with van der Waals surface area (Å²) in [4.78, 5) is 25.0. The van der Waals surface area contributed by atoms with Gasteiger partial charge in [-0.25, -0.2) is 9.59 Å². The molecule has 0 saturated heterocycles. The van der Waals surface area contributed by atoms with Gasteiger partial charge < -0.3 is 20.6 Å². The third-order valence-corrected chi connectivity index (χ3v) is 2.97. The highest BCUT2D eigenvalue weighted by atomic mass is 16.4. The molecule has 1 rings (SSSR count). The van der Waals surface area contributed by atoms with Crippen LogP contribution < -0.4 is 10.6 Å². The standard InChI is InChI=1S/C14H21N3O3/c1-3-17(2)10-9-15-14(20)16-12(13(18)19)11-7-5-4-6-8-11/h4-8,12H,3,9-10H2,1-2H3,(H,18,19)(H2,15,16,20)/t12-/m1/s1. The van der Waals surface area contributed by atoms with E-state index < -0.39 is 18.0 Å². The quantitative estimate of drug-likeness (QED) is 0.697. The molecule has 0 heterocycles. The van der Waals surface area contributed by atoms with Gasteiger partial charge in [0, 0.05) is 13.1 Å². The van der Waals surface area contributed by atoms with Crippen molar-refractivity contribution in [1.82, 2.24) is 15.5 Å². The van der Waals surface area contributed by atoms with Gasteiger partial charge in [0.25, 0.3) is 0 Å². The second-order valence-electron chi connectivity index (χ2n) is 4.48. The Morgan fingerprint density at radius 1 is 1.30 bits per heavy atom. The van der Waals surface area contributed by atoms with E-state index in [4.69, 9.17) is 0 Å². The lowest BCUT2D eigenvalue weighted by molar-refractivity contribution is -0.139. The normalized spacial score (nSPS) is 11.9. The molecule has 0 bridgehead atoms. The number of likely N-dealkylation sites (N-methyl/N-ethyl adjacent to an activating group) is 1. The fraction of sp³-hybridized carbons (Fsp3) is 0.429. The number of carboxylic acid groups (broad SMARTS) is 1. The number of nitrogens with one attached hydrogen (secondary N) is 2. The number of rotatable bonds is 7. The van der Waals surface area contributed by atoms with Gasteiger partial charge in [-0.1, -0.05) is 37.3 Å². The van der Waals surface area contributed by atoms with Crippen molar-refractivity contribution < 1.29 is 14.7 Å². The van der Waals surface area contributed by atoms with Gasteiger partial charge in [-0.15, -0.1) is 0 Å². The van der Waals surface area contributed by atoms with Crippen molar-refractivity contribution in [3.63, 3.8) is 0 Å². The van der Waals surface area contributed by atoms with Crippen molar-refractivity contribution in [3.8, 4) is 0 Å². The average Bonchev–Trinajstić information content (AvgIpc) is 2.45. The second-order valence-corrected chi connectivity index (χ2v) is 4.48. The van der Waals surface area contributed by atoms with E-state index in [-0.39, 0.29) is 0 Å². The van der Waals surface area contributed by atoms with Crippen LogP contribution in [0.3, 0.4) is 0 Å². The predicted molar refractivity (Wildman–Crippen MR) is 76.5 cm³/mol. The van der Waals surface area contributed by atoms with Crippen molar-refractivity contribution in [2.75, 3.05) is 26.7 Å². The molecular weight excluding hydrogens is 258 g/mol. The Labute approximate surface area is 118 Å². The van der Waals surface area contributed by atoms with Gasteiger partial charge in [0.2, 0.25) is 0 Å². The van der Waals surface area contributed by atoms with E-state index in [1.807, 2.05) is 18.9 Å². The Morgan fingerprint density at radius 2 is 1.95 bits per heavy atom. The molecule has 2 amide bonds. The van der Waals surface area contributed by atoms with E-state index in [1.54, 1.807) is 30.3 Å². The Bertz CT molecular complexity index is 437. The maximum atomic E-state index is 11.7. The average molecular weight is 279 g/mol. The molecule has 0 aliphatic heterocycles. The number of hydrogen-bond acceptors (Lipinski definition) is 3. The van der Waals surface area contributed by atoms with Crippen molar-refractivity contribution in [2.45, 2.75) is 13.0 Å².